The quantitative estimate of drug-likeness (QED) is 0.532. The van der Waals surface area contributed by atoms with Gasteiger partial charge in [0.25, 0.3) is 5.91 Å². The summed E-state index contributed by atoms with van der Waals surface area (Å²) >= 11 is 0. The zero-order valence-electron chi connectivity index (χ0n) is 17.5. The lowest BCUT2D eigenvalue weighted by molar-refractivity contribution is 0.102. The third kappa shape index (κ3) is 5.62. The summed E-state index contributed by atoms with van der Waals surface area (Å²) in [5, 5.41) is 16.1. The van der Waals surface area contributed by atoms with E-state index in [1.54, 1.807) is 25.1 Å². The van der Waals surface area contributed by atoms with E-state index < -0.39 is 6.10 Å². The first-order chi connectivity index (χ1) is 14.4. The minimum absolute atomic E-state index is 0.247. The van der Waals surface area contributed by atoms with E-state index >= 15 is 0 Å². The molecule has 7 heteroatoms. The van der Waals surface area contributed by atoms with Crippen LogP contribution < -0.4 is 10.6 Å². The lowest BCUT2D eigenvalue weighted by Gasteiger charge is -2.14. The fourth-order valence-electron chi connectivity index (χ4n) is 2.94. The topological polar surface area (TPSA) is 90.4 Å². The highest BCUT2D eigenvalue weighted by molar-refractivity contribution is 6.04. The third-order valence-corrected chi connectivity index (χ3v) is 4.51. The molecule has 0 spiro atoms. The van der Waals surface area contributed by atoms with Crippen molar-refractivity contribution >= 4 is 17.4 Å². The molecule has 0 radical (unpaired) electrons. The van der Waals surface area contributed by atoms with Crippen LogP contribution in [0.2, 0.25) is 0 Å². The van der Waals surface area contributed by atoms with Crippen LogP contribution in [0, 0.1) is 0 Å². The molecule has 2 aromatic carbocycles. The van der Waals surface area contributed by atoms with E-state index in [1.807, 2.05) is 56.6 Å². The molecule has 3 N–H and O–H groups in total. The number of hydrogen-bond acceptors (Lipinski definition) is 6. The molecule has 1 heterocycles. The minimum Gasteiger partial charge on any atom is -0.389 e. The van der Waals surface area contributed by atoms with Crippen LogP contribution in [0.3, 0.4) is 0 Å². The highest BCUT2D eigenvalue weighted by Gasteiger charge is 2.16. The molecule has 0 saturated carbocycles. The Bertz CT molecular complexity index is 990. The number of aliphatic hydroxyl groups is 1. The zero-order chi connectivity index (χ0) is 21.5. The van der Waals surface area contributed by atoms with Gasteiger partial charge in [0.1, 0.15) is 11.5 Å². The van der Waals surface area contributed by atoms with Crippen LogP contribution in [0.4, 0.5) is 11.5 Å². The van der Waals surface area contributed by atoms with Crippen molar-refractivity contribution in [3.8, 4) is 11.4 Å². The monoisotopic (exact) mass is 405 g/mol. The van der Waals surface area contributed by atoms with Crippen molar-refractivity contribution in [1.82, 2.24) is 14.9 Å². The molecule has 30 heavy (non-hydrogen) atoms. The highest BCUT2D eigenvalue weighted by Crippen LogP contribution is 2.23. The molecular weight excluding hydrogens is 378 g/mol. The van der Waals surface area contributed by atoms with Crippen molar-refractivity contribution in [2.45, 2.75) is 13.0 Å². The fraction of sp³-hybridized carbons (Fsp3) is 0.261. The smallest absolute Gasteiger partial charge is 0.274 e. The molecule has 0 aliphatic rings. The summed E-state index contributed by atoms with van der Waals surface area (Å²) < 4.78 is 0. The number of nitrogens with one attached hydrogen (secondary N) is 2. The number of carbonyl (C=O) groups excluding carboxylic acids is 1. The van der Waals surface area contributed by atoms with Crippen LogP contribution in [-0.4, -0.2) is 53.1 Å². The van der Waals surface area contributed by atoms with Crippen LogP contribution in [0.5, 0.6) is 0 Å². The van der Waals surface area contributed by atoms with Crippen LogP contribution in [0.1, 0.15) is 29.1 Å². The molecule has 156 valence electrons. The summed E-state index contributed by atoms with van der Waals surface area (Å²) in [6.45, 7) is 3.17. The Morgan fingerprint density at radius 1 is 1.07 bits per heavy atom. The van der Waals surface area contributed by atoms with Crippen molar-refractivity contribution in [1.29, 1.82) is 0 Å². The van der Waals surface area contributed by atoms with Gasteiger partial charge in [-0.3, -0.25) is 4.79 Å². The largest absolute Gasteiger partial charge is 0.389 e. The van der Waals surface area contributed by atoms with Crippen molar-refractivity contribution in [3.05, 3.63) is 71.9 Å². The molecule has 7 nitrogen and oxygen atoms in total. The van der Waals surface area contributed by atoms with Gasteiger partial charge in [0.2, 0.25) is 0 Å². The van der Waals surface area contributed by atoms with Gasteiger partial charge >= 0.3 is 0 Å². The summed E-state index contributed by atoms with van der Waals surface area (Å²) in [5.74, 6) is 0.692. The number of hydrogen-bond donors (Lipinski definition) is 3. The van der Waals surface area contributed by atoms with E-state index in [2.05, 4.69) is 25.5 Å². The first-order valence-electron chi connectivity index (χ1n) is 9.85. The number of rotatable bonds is 8. The molecule has 3 rings (SSSR count). The molecule has 0 saturated heterocycles. The number of nitrogens with zero attached hydrogens (tertiary/aromatic N) is 3. The van der Waals surface area contributed by atoms with Crippen LogP contribution in [0.25, 0.3) is 11.4 Å². The Morgan fingerprint density at radius 2 is 1.77 bits per heavy atom. The zero-order valence-corrected chi connectivity index (χ0v) is 17.5. The van der Waals surface area contributed by atoms with Gasteiger partial charge in [-0.15, -0.1) is 0 Å². The van der Waals surface area contributed by atoms with E-state index in [1.165, 1.54) is 0 Å². The standard InChI is InChI=1S/C23H27N5O2/c1-16(29)18-11-7-8-12-19(18)26-23(30)20-15-21(24-13-14-28(2)3)27-22(25-20)17-9-5-4-6-10-17/h4-12,15-16,29H,13-14H2,1-3H3,(H,26,30)(H,24,25,27). The molecule has 1 amide bonds. The summed E-state index contributed by atoms with van der Waals surface area (Å²) in [4.78, 5) is 24.1. The molecule has 3 aromatic rings. The molecule has 0 bridgehead atoms. The van der Waals surface area contributed by atoms with E-state index in [4.69, 9.17) is 0 Å². The van der Waals surface area contributed by atoms with Crippen LogP contribution >= 0.6 is 0 Å². The van der Waals surface area contributed by atoms with Crippen molar-refractivity contribution in [2.75, 3.05) is 37.8 Å². The number of anilines is 2. The van der Waals surface area contributed by atoms with Crippen LogP contribution in [0.15, 0.2) is 60.7 Å². The summed E-state index contributed by atoms with van der Waals surface area (Å²) in [6, 6.07) is 18.4. The number of para-hydroxylation sites is 1. The first-order valence-corrected chi connectivity index (χ1v) is 9.85. The average molecular weight is 406 g/mol. The van der Waals surface area contributed by atoms with Gasteiger partial charge in [-0.1, -0.05) is 48.5 Å². The molecule has 1 unspecified atom stereocenters. The van der Waals surface area contributed by atoms with Crippen molar-refractivity contribution in [3.63, 3.8) is 0 Å². The molecule has 0 aliphatic heterocycles. The fourth-order valence-corrected chi connectivity index (χ4v) is 2.94. The molecule has 0 fully saturated rings. The Kier molecular flexibility index (Phi) is 7.11. The summed E-state index contributed by atoms with van der Waals surface area (Å²) in [7, 11) is 3.99. The number of benzene rings is 2. The number of likely N-dealkylation sites (N-methyl/N-ethyl adjacent to an activating group) is 1. The molecular formula is C23H27N5O2. The number of carbonyl (C=O) groups is 1. The lowest BCUT2D eigenvalue weighted by Crippen LogP contribution is -2.22. The number of aromatic nitrogens is 2. The lowest BCUT2D eigenvalue weighted by atomic mass is 10.1. The van der Waals surface area contributed by atoms with Gasteiger partial charge in [0, 0.05) is 36.0 Å². The second-order valence-corrected chi connectivity index (χ2v) is 7.28. The van der Waals surface area contributed by atoms with E-state index in [9.17, 15) is 9.90 Å². The number of amides is 1. The van der Waals surface area contributed by atoms with Crippen molar-refractivity contribution < 1.29 is 9.90 Å². The van der Waals surface area contributed by atoms with Gasteiger partial charge in [-0.25, -0.2) is 9.97 Å². The summed E-state index contributed by atoms with van der Waals surface area (Å²) in [6.07, 6.45) is -0.699. The predicted octanol–water partition coefficient (Wildman–Crippen LogP) is 3.42. The third-order valence-electron chi connectivity index (χ3n) is 4.51. The Morgan fingerprint density at radius 3 is 2.47 bits per heavy atom. The SMILES string of the molecule is CC(O)c1ccccc1NC(=O)c1cc(NCCN(C)C)nc(-c2ccccc2)n1. The summed E-state index contributed by atoms with van der Waals surface area (Å²) in [5.41, 5.74) is 2.27. The van der Waals surface area contributed by atoms with Crippen LogP contribution in [-0.2, 0) is 0 Å². The minimum atomic E-state index is -0.699. The van der Waals surface area contributed by atoms with Gasteiger partial charge in [-0.2, -0.15) is 0 Å². The Balaban J connectivity index is 1.91. The Hall–Kier alpha value is -3.29. The molecule has 1 aromatic heterocycles. The number of aliphatic hydroxyl groups excluding tert-OH is 1. The maximum absolute atomic E-state index is 13.0. The van der Waals surface area contributed by atoms with E-state index in [0.29, 0.717) is 29.4 Å². The van der Waals surface area contributed by atoms with E-state index in [-0.39, 0.29) is 11.6 Å². The van der Waals surface area contributed by atoms with Gasteiger partial charge < -0.3 is 20.6 Å². The van der Waals surface area contributed by atoms with E-state index in [0.717, 1.165) is 12.1 Å². The second-order valence-electron chi connectivity index (χ2n) is 7.28. The predicted molar refractivity (Wildman–Crippen MR) is 120 cm³/mol. The first kappa shape index (κ1) is 21.4. The van der Waals surface area contributed by atoms with Crippen molar-refractivity contribution in [2.24, 2.45) is 0 Å². The molecule has 1 atom stereocenters. The second kappa shape index (κ2) is 9.96. The normalized spacial score (nSPS) is 11.9. The maximum atomic E-state index is 13.0. The molecule has 0 aliphatic carbocycles. The van der Waals surface area contributed by atoms with Gasteiger partial charge in [0.05, 0.1) is 6.10 Å². The highest BCUT2D eigenvalue weighted by atomic mass is 16.3. The average Bonchev–Trinajstić information content (AvgIpc) is 2.74. The van der Waals surface area contributed by atoms with Gasteiger partial charge in [-0.05, 0) is 27.1 Å². The Labute approximate surface area is 176 Å². The maximum Gasteiger partial charge on any atom is 0.274 e. The van der Waals surface area contributed by atoms with Gasteiger partial charge in [0.15, 0.2) is 5.82 Å².